The number of hydrogen-bond acceptors (Lipinski definition) is 5. The number of hydrogen-bond donors (Lipinski definition) is 0. The zero-order valence-electron chi connectivity index (χ0n) is 19.2. The van der Waals surface area contributed by atoms with Crippen LogP contribution < -0.4 is 9.96 Å². The first-order valence-corrected chi connectivity index (χ1v) is 12.0. The molecule has 2 aromatic carbocycles. The summed E-state index contributed by atoms with van der Waals surface area (Å²) in [5, 5.41) is 1.74. The van der Waals surface area contributed by atoms with Crippen molar-refractivity contribution in [3.63, 3.8) is 0 Å². The molecule has 3 heterocycles. The van der Waals surface area contributed by atoms with E-state index in [0.717, 1.165) is 23.5 Å². The lowest BCUT2D eigenvalue weighted by Gasteiger charge is -2.36. The Hall–Kier alpha value is -3.30. The lowest BCUT2D eigenvalue weighted by molar-refractivity contribution is -0.142. The van der Waals surface area contributed by atoms with Crippen molar-refractivity contribution in [2.45, 2.75) is 24.7 Å². The molecular weight excluding hydrogens is 493 g/mol. The Morgan fingerprint density at radius 2 is 1.61 bits per heavy atom. The van der Waals surface area contributed by atoms with Crippen molar-refractivity contribution in [2.24, 2.45) is 0 Å². The number of amides is 1. The van der Waals surface area contributed by atoms with E-state index in [0.29, 0.717) is 32.6 Å². The highest BCUT2D eigenvalue weighted by Crippen LogP contribution is 2.39. The number of halogens is 4. The van der Waals surface area contributed by atoms with Gasteiger partial charge >= 0.3 is 6.18 Å². The van der Waals surface area contributed by atoms with Gasteiger partial charge in [0.25, 0.3) is 5.91 Å². The molecule has 2 aliphatic rings. The Morgan fingerprint density at radius 3 is 2.22 bits per heavy atom. The smallest absolute Gasteiger partial charge is 0.352 e. The van der Waals surface area contributed by atoms with Gasteiger partial charge in [0.15, 0.2) is 6.10 Å². The molecule has 5 rings (SSSR count). The molecule has 2 aliphatic heterocycles. The summed E-state index contributed by atoms with van der Waals surface area (Å²) in [7, 11) is 0. The van der Waals surface area contributed by atoms with Gasteiger partial charge in [-0.05, 0) is 23.8 Å². The number of benzene rings is 2. The third-order valence-electron chi connectivity index (χ3n) is 6.47. The number of piperazine rings is 1. The highest BCUT2D eigenvalue weighted by Gasteiger charge is 2.41. The number of carbonyl (C=O) groups is 1. The average molecular weight is 517 g/mol. The van der Waals surface area contributed by atoms with Crippen LogP contribution >= 0.6 is 11.6 Å². The molecule has 2 atom stereocenters. The van der Waals surface area contributed by atoms with Crippen molar-refractivity contribution in [1.29, 1.82) is 0 Å². The molecule has 0 N–H and O–H groups in total. The number of hydroxylamine groups is 1. The van der Waals surface area contributed by atoms with Crippen molar-refractivity contribution >= 4 is 29.0 Å². The standard InChI is InChI=1S/C26H24ClF3N4O2/c27-21-15-19(26(28,29)30)17-31-24(21)32-11-13-33(14-12-32)25(35)23-16-22(18-7-3-1-4-8-18)34(36-23)20-9-5-2-6-10-20/h1-10,15,17,22-23H,11-14,16H2. The van der Waals surface area contributed by atoms with Crippen LogP contribution in [0, 0.1) is 0 Å². The summed E-state index contributed by atoms with van der Waals surface area (Å²) >= 11 is 6.11. The van der Waals surface area contributed by atoms with Crippen LogP contribution in [0.5, 0.6) is 0 Å². The second kappa shape index (κ2) is 9.99. The van der Waals surface area contributed by atoms with Gasteiger partial charge in [-0.3, -0.25) is 9.63 Å². The molecule has 6 nitrogen and oxygen atoms in total. The van der Waals surface area contributed by atoms with Gasteiger partial charge in [-0.15, -0.1) is 0 Å². The molecular formula is C26H24ClF3N4O2. The Balaban J connectivity index is 1.27. The van der Waals surface area contributed by atoms with Crippen LogP contribution in [-0.4, -0.2) is 48.1 Å². The predicted octanol–water partition coefficient (Wildman–Crippen LogP) is 5.35. The zero-order chi connectivity index (χ0) is 25.3. The Morgan fingerprint density at radius 1 is 0.972 bits per heavy atom. The van der Waals surface area contributed by atoms with Gasteiger partial charge in [0.1, 0.15) is 5.82 Å². The largest absolute Gasteiger partial charge is 0.417 e. The van der Waals surface area contributed by atoms with E-state index in [2.05, 4.69) is 4.98 Å². The van der Waals surface area contributed by atoms with Crippen molar-refractivity contribution in [1.82, 2.24) is 9.88 Å². The predicted molar refractivity (Wildman–Crippen MR) is 131 cm³/mol. The first-order chi connectivity index (χ1) is 17.3. The molecule has 10 heteroatoms. The molecule has 1 amide bonds. The molecule has 3 aromatic rings. The summed E-state index contributed by atoms with van der Waals surface area (Å²) < 4.78 is 38.8. The summed E-state index contributed by atoms with van der Waals surface area (Å²) in [6.45, 7) is 1.58. The summed E-state index contributed by atoms with van der Waals surface area (Å²) in [6.07, 6.45) is -3.86. The first-order valence-electron chi connectivity index (χ1n) is 11.6. The van der Waals surface area contributed by atoms with Crippen LogP contribution in [0.3, 0.4) is 0 Å². The van der Waals surface area contributed by atoms with E-state index in [9.17, 15) is 18.0 Å². The number of anilines is 2. The maximum atomic E-state index is 13.4. The number of carbonyl (C=O) groups excluding carboxylic acids is 1. The number of pyridine rings is 1. The normalized spacial score (nSPS) is 20.6. The number of rotatable bonds is 4. The van der Waals surface area contributed by atoms with Crippen molar-refractivity contribution in [3.05, 3.63) is 89.1 Å². The fourth-order valence-corrected chi connectivity index (χ4v) is 4.91. The quantitative estimate of drug-likeness (QED) is 0.467. The lowest BCUT2D eigenvalue weighted by atomic mass is 10.0. The number of alkyl halides is 3. The highest BCUT2D eigenvalue weighted by atomic mass is 35.5. The van der Waals surface area contributed by atoms with E-state index in [4.69, 9.17) is 16.4 Å². The van der Waals surface area contributed by atoms with Gasteiger partial charge < -0.3 is 9.80 Å². The molecule has 0 aliphatic carbocycles. The van der Waals surface area contributed by atoms with E-state index >= 15 is 0 Å². The van der Waals surface area contributed by atoms with Crippen LogP contribution in [-0.2, 0) is 15.8 Å². The Bertz CT molecular complexity index is 1160. The average Bonchev–Trinajstić information content (AvgIpc) is 3.34. The molecule has 2 fully saturated rings. The molecule has 0 spiro atoms. The second-order valence-corrected chi connectivity index (χ2v) is 9.16. The number of nitrogens with zero attached hydrogens (tertiary/aromatic N) is 4. The van der Waals surface area contributed by atoms with E-state index in [-0.39, 0.29) is 22.8 Å². The van der Waals surface area contributed by atoms with Crippen molar-refractivity contribution in [2.75, 3.05) is 36.1 Å². The van der Waals surface area contributed by atoms with Gasteiger partial charge in [0.05, 0.1) is 22.3 Å². The summed E-state index contributed by atoms with van der Waals surface area (Å²) in [4.78, 5) is 27.1. The van der Waals surface area contributed by atoms with Gasteiger partial charge in [0.2, 0.25) is 0 Å². The van der Waals surface area contributed by atoms with Crippen LogP contribution in [0.2, 0.25) is 5.02 Å². The molecule has 36 heavy (non-hydrogen) atoms. The summed E-state index contributed by atoms with van der Waals surface area (Å²) in [6, 6.07) is 20.4. The van der Waals surface area contributed by atoms with Crippen molar-refractivity contribution < 1.29 is 22.8 Å². The van der Waals surface area contributed by atoms with E-state index in [1.807, 2.05) is 60.7 Å². The third-order valence-corrected chi connectivity index (χ3v) is 6.75. The van der Waals surface area contributed by atoms with E-state index in [1.165, 1.54) is 0 Å². The minimum atomic E-state index is -4.51. The monoisotopic (exact) mass is 516 g/mol. The molecule has 188 valence electrons. The topological polar surface area (TPSA) is 48.9 Å². The Labute approximate surface area is 211 Å². The Kier molecular flexibility index (Phi) is 6.77. The van der Waals surface area contributed by atoms with E-state index < -0.39 is 17.8 Å². The zero-order valence-corrected chi connectivity index (χ0v) is 20.0. The fourth-order valence-electron chi connectivity index (χ4n) is 4.62. The minimum absolute atomic E-state index is 0.0621. The molecule has 0 radical (unpaired) electrons. The van der Waals surface area contributed by atoms with Gasteiger partial charge in [-0.2, -0.15) is 13.2 Å². The maximum Gasteiger partial charge on any atom is 0.417 e. The molecule has 2 unspecified atom stereocenters. The third kappa shape index (κ3) is 4.99. The summed E-state index contributed by atoms with van der Waals surface area (Å²) in [5.41, 5.74) is 1.04. The minimum Gasteiger partial charge on any atom is -0.352 e. The SMILES string of the molecule is O=C(C1CC(c2ccccc2)N(c2ccccc2)O1)N1CCN(c2ncc(C(F)(F)F)cc2Cl)CC1. The molecule has 2 saturated heterocycles. The van der Waals surface area contributed by atoms with Gasteiger partial charge in [-0.25, -0.2) is 10.0 Å². The summed E-state index contributed by atoms with van der Waals surface area (Å²) in [5.74, 6) is 0.175. The van der Waals surface area contributed by atoms with Gasteiger partial charge in [-0.1, -0.05) is 60.1 Å². The molecule has 0 bridgehead atoms. The van der Waals surface area contributed by atoms with Crippen molar-refractivity contribution in [3.8, 4) is 0 Å². The van der Waals surface area contributed by atoms with Crippen LogP contribution in [0.15, 0.2) is 72.9 Å². The first kappa shape index (κ1) is 24.4. The number of para-hydroxylation sites is 1. The number of aromatic nitrogens is 1. The molecule has 1 aromatic heterocycles. The second-order valence-electron chi connectivity index (χ2n) is 8.76. The van der Waals surface area contributed by atoms with E-state index in [1.54, 1.807) is 14.9 Å². The molecule has 0 saturated carbocycles. The highest BCUT2D eigenvalue weighted by molar-refractivity contribution is 6.33. The van der Waals surface area contributed by atoms with Crippen LogP contribution in [0.1, 0.15) is 23.6 Å². The van der Waals surface area contributed by atoms with Crippen LogP contribution in [0.25, 0.3) is 0 Å². The van der Waals surface area contributed by atoms with Crippen LogP contribution in [0.4, 0.5) is 24.7 Å². The maximum absolute atomic E-state index is 13.4. The fraction of sp³-hybridized carbons (Fsp3) is 0.308. The lowest BCUT2D eigenvalue weighted by Crippen LogP contribution is -2.52. The van der Waals surface area contributed by atoms with Gasteiger partial charge in [0, 0.05) is 38.8 Å².